The summed E-state index contributed by atoms with van der Waals surface area (Å²) in [6, 6.07) is 3.84. The summed E-state index contributed by atoms with van der Waals surface area (Å²) in [5, 5.41) is 3.12. The molecule has 0 radical (unpaired) electrons. The summed E-state index contributed by atoms with van der Waals surface area (Å²) in [5.41, 5.74) is 0. The third-order valence-electron chi connectivity index (χ3n) is 1.85. The van der Waals surface area contributed by atoms with Crippen LogP contribution < -0.4 is 5.32 Å². The molecule has 0 unspecified atom stereocenters. The molecule has 5 heteroatoms. The molecule has 2 aromatic heterocycles. The molecule has 15 heavy (non-hydrogen) atoms. The van der Waals surface area contributed by atoms with E-state index in [-0.39, 0.29) is 0 Å². The number of halogens is 1. The smallest absolute Gasteiger partial charge is 0.222 e. The second-order valence-corrected chi connectivity index (χ2v) is 4.23. The Labute approximate surface area is 101 Å². The van der Waals surface area contributed by atoms with Crippen molar-refractivity contribution >= 4 is 28.5 Å². The number of nitrogens with zero attached hydrogens (tertiary/aromatic N) is 2. The third kappa shape index (κ3) is 3.19. The highest BCUT2D eigenvalue weighted by molar-refractivity contribution is 14.1. The lowest BCUT2D eigenvalue weighted by molar-refractivity contribution is 0.512. The normalized spacial score (nSPS) is 10.2. The molecular weight excluding hydrogens is 305 g/mol. The van der Waals surface area contributed by atoms with Crippen LogP contribution in [0.15, 0.2) is 35.2 Å². The first-order chi connectivity index (χ1) is 7.34. The number of anilines is 1. The predicted molar refractivity (Wildman–Crippen MR) is 65.7 cm³/mol. The molecule has 0 bridgehead atoms. The Hall–Kier alpha value is -1.11. The van der Waals surface area contributed by atoms with E-state index in [0.29, 0.717) is 5.95 Å². The summed E-state index contributed by atoms with van der Waals surface area (Å²) in [5.74, 6) is 1.62. The number of nitrogens with one attached hydrogen (secondary N) is 1. The van der Waals surface area contributed by atoms with Crippen LogP contribution in [0, 0.1) is 3.57 Å². The molecule has 0 spiro atoms. The van der Waals surface area contributed by atoms with E-state index in [1.807, 2.05) is 12.1 Å². The van der Waals surface area contributed by atoms with Crippen LogP contribution in [0.1, 0.15) is 5.76 Å². The molecule has 0 saturated carbocycles. The van der Waals surface area contributed by atoms with Crippen molar-refractivity contribution < 1.29 is 4.42 Å². The quantitative estimate of drug-likeness (QED) is 0.880. The fourth-order valence-corrected chi connectivity index (χ4v) is 1.43. The minimum Gasteiger partial charge on any atom is -0.469 e. The number of furan rings is 1. The van der Waals surface area contributed by atoms with Gasteiger partial charge in [-0.2, -0.15) is 0 Å². The molecule has 0 aliphatic rings. The van der Waals surface area contributed by atoms with Gasteiger partial charge in [-0.05, 0) is 34.7 Å². The van der Waals surface area contributed by atoms with Crippen molar-refractivity contribution in [2.45, 2.75) is 6.42 Å². The second kappa shape index (κ2) is 5.11. The largest absolute Gasteiger partial charge is 0.469 e. The number of hydrogen-bond acceptors (Lipinski definition) is 4. The van der Waals surface area contributed by atoms with Crippen LogP contribution >= 0.6 is 22.6 Å². The summed E-state index contributed by atoms with van der Waals surface area (Å²) < 4.78 is 6.24. The molecule has 0 fully saturated rings. The van der Waals surface area contributed by atoms with Gasteiger partial charge in [0.2, 0.25) is 5.95 Å². The zero-order valence-electron chi connectivity index (χ0n) is 7.98. The molecule has 2 heterocycles. The Kier molecular flexibility index (Phi) is 3.54. The Morgan fingerprint density at radius 1 is 1.33 bits per heavy atom. The maximum Gasteiger partial charge on any atom is 0.222 e. The van der Waals surface area contributed by atoms with E-state index in [1.54, 1.807) is 18.7 Å². The van der Waals surface area contributed by atoms with Crippen molar-refractivity contribution in [3.63, 3.8) is 0 Å². The van der Waals surface area contributed by atoms with Crippen molar-refractivity contribution in [3.05, 3.63) is 40.1 Å². The summed E-state index contributed by atoms with van der Waals surface area (Å²) in [4.78, 5) is 8.27. The maximum absolute atomic E-state index is 5.21. The molecule has 0 amide bonds. The lowest BCUT2D eigenvalue weighted by Gasteiger charge is -2.02. The van der Waals surface area contributed by atoms with Crippen molar-refractivity contribution in [2.75, 3.05) is 11.9 Å². The van der Waals surface area contributed by atoms with Crippen molar-refractivity contribution in [3.8, 4) is 0 Å². The average molecular weight is 315 g/mol. The van der Waals surface area contributed by atoms with Crippen LogP contribution in [0.25, 0.3) is 0 Å². The number of hydrogen-bond donors (Lipinski definition) is 1. The van der Waals surface area contributed by atoms with Crippen LogP contribution in [0.4, 0.5) is 5.95 Å². The highest BCUT2D eigenvalue weighted by Gasteiger charge is 1.97. The van der Waals surface area contributed by atoms with Crippen molar-refractivity contribution in [1.29, 1.82) is 0 Å². The first kappa shape index (κ1) is 10.4. The SMILES string of the molecule is Ic1cnc(NCCc2ccco2)nc1. The van der Waals surface area contributed by atoms with Crippen molar-refractivity contribution in [2.24, 2.45) is 0 Å². The lowest BCUT2D eigenvalue weighted by Crippen LogP contribution is -2.07. The van der Waals surface area contributed by atoms with Crippen LogP contribution in [0.5, 0.6) is 0 Å². The van der Waals surface area contributed by atoms with Crippen molar-refractivity contribution in [1.82, 2.24) is 9.97 Å². The van der Waals surface area contributed by atoms with Gasteiger partial charge in [0, 0.05) is 28.9 Å². The minimum atomic E-state index is 0.655. The maximum atomic E-state index is 5.21. The summed E-state index contributed by atoms with van der Waals surface area (Å²) in [6.07, 6.45) is 6.07. The Morgan fingerprint density at radius 2 is 2.13 bits per heavy atom. The van der Waals surface area contributed by atoms with Crippen LogP contribution in [-0.2, 0) is 6.42 Å². The highest BCUT2D eigenvalue weighted by Crippen LogP contribution is 2.04. The van der Waals surface area contributed by atoms with E-state index in [0.717, 1.165) is 22.3 Å². The van der Waals surface area contributed by atoms with Crippen LogP contribution in [0.2, 0.25) is 0 Å². The van der Waals surface area contributed by atoms with E-state index < -0.39 is 0 Å². The van der Waals surface area contributed by atoms with Gasteiger partial charge in [-0.25, -0.2) is 9.97 Å². The standard InChI is InChI=1S/C10H10IN3O/c11-8-6-13-10(14-7-8)12-4-3-9-2-1-5-15-9/h1-2,5-7H,3-4H2,(H,12,13,14). The Balaban J connectivity index is 1.81. The van der Waals surface area contributed by atoms with Gasteiger partial charge in [0.15, 0.2) is 0 Å². The molecular formula is C10H10IN3O. The molecule has 0 aliphatic carbocycles. The fraction of sp³-hybridized carbons (Fsp3) is 0.200. The summed E-state index contributed by atoms with van der Waals surface area (Å²) in [6.45, 7) is 0.772. The topological polar surface area (TPSA) is 51.0 Å². The molecule has 0 aliphatic heterocycles. The zero-order valence-corrected chi connectivity index (χ0v) is 10.1. The van der Waals surface area contributed by atoms with E-state index in [2.05, 4.69) is 37.9 Å². The predicted octanol–water partition coefficient (Wildman–Crippen LogP) is 2.33. The third-order valence-corrected chi connectivity index (χ3v) is 2.41. The van der Waals surface area contributed by atoms with Gasteiger partial charge >= 0.3 is 0 Å². The van der Waals surface area contributed by atoms with E-state index in [9.17, 15) is 0 Å². The Morgan fingerprint density at radius 3 is 2.80 bits per heavy atom. The molecule has 0 atom stereocenters. The fourth-order valence-electron chi connectivity index (χ4n) is 1.16. The van der Waals surface area contributed by atoms with Gasteiger partial charge in [-0.15, -0.1) is 0 Å². The van der Waals surface area contributed by atoms with Crippen LogP contribution in [-0.4, -0.2) is 16.5 Å². The molecule has 78 valence electrons. The van der Waals surface area contributed by atoms with E-state index in [4.69, 9.17) is 4.42 Å². The summed E-state index contributed by atoms with van der Waals surface area (Å²) in [7, 11) is 0. The molecule has 1 N–H and O–H groups in total. The van der Waals surface area contributed by atoms with Gasteiger partial charge in [-0.3, -0.25) is 0 Å². The zero-order chi connectivity index (χ0) is 10.5. The lowest BCUT2D eigenvalue weighted by atomic mass is 10.3. The van der Waals surface area contributed by atoms with E-state index >= 15 is 0 Å². The van der Waals surface area contributed by atoms with Gasteiger partial charge in [0.05, 0.1) is 6.26 Å². The number of aromatic nitrogens is 2. The highest BCUT2D eigenvalue weighted by atomic mass is 127. The first-order valence-electron chi connectivity index (χ1n) is 4.58. The average Bonchev–Trinajstić information content (AvgIpc) is 2.74. The summed E-state index contributed by atoms with van der Waals surface area (Å²) >= 11 is 2.17. The molecule has 4 nitrogen and oxygen atoms in total. The Bertz CT molecular complexity index is 399. The van der Waals surface area contributed by atoms with Gasteiger partial charge in [0.1, 0.15) is 5.76 Å². The molecule has 0 saturated heterocycles. The molecule has 2 rings (SSSR count). The van der Waals surface area contributed by atoms with Gasteiger partial charge in [0.25, 0.3) is 0 Å². The van der Waals surface area contributed by atoms with Gasteiger partial charge < -0.3 is 9.73 Å². The number of rotatable bonds is 4. The minimum absolute atomic E-state index is 0.655. The molecule has 2 aromatic rings. The first-order valence-corrected chi connectivity index (χ1v) is 5.66. The second-order valence-electron chi connectivity index (χ2n) is 2.98. The molecule has 0 aromatic carbocycles. The van der Waals surface area contributed by atoms with E-state index in [1.165, 1.54) is 0 Å². The van der Waals surface area contributed by atoms with Crippen LogP contribution in [0.3, 0.4) is 0 Å². The monoisotopic (exact) mass is 315 g/mol. The van der Waals surface area contributed by atoms with Gasteiger partial charge in [-0.1, -0.05) is 0 Å².